The highest BCUT2D eigenvalue weighted by molar-refractivity contribution is 6.42. The number of aromatic nitrogens is 2. The fourth-order valence-electron chi connectivity index (χ4n) is 3.23. The Labute approximate surface area is 170 Å². The molecule has 1 aromatic heterocycles. The lowest BCUT2D eigenvalue weighted by Crippen LogP contribution is -2.47. The summed E-state index contributed by atoms with van der Waals surface area (Å²) in [4.78, 5) is 16.7. The summed E-state index contributed by atoms with van der Waals surface area (Å²) in [6, 6.07) is 5.72. The highest BCUT2D eigenvalue weighted by Gasteiger charge is 2.20. The first-order chi connectivity index (χ1) is 13.0. The first kappa shape index (κ1) is 19.9. The number of amides is 1. The lowest BCUT2D eigenvalue weighted by molar-refractivity contribution is -0.127. The van der Waals surface area contributed by atoms with Crippen LogP contribution in [0.4, 0.5) is 0 Å². The van der Waals surface area contributed by atoms with Crippen LogP contribution in [0.3, 0.4) is 0 Å². The molecule has 1 aliphatic rings. The Morgan fingerprint density at radius 2 is 1.93 bits per heavy atom. The molecular formula is C20H24Cl2N4O. The quantitative estimate of drug-likeness (QED) is 0.707. The second kappa shape index (κ2) is 8.91. The van der Waals surface area contributed by atoms with E-state index in [2.05, 4.69) is 16.9 Å². The number of rotatable bonds is 5. The summed E-state index contributed by atoms with van der Waals surface area (Å²) in [5.74, 6) is 0.0489. The Bertz CT molecular complexity index is 839. The minimum Gasteiger partial charge on any atom is -0.337 e. The minimum absolute atomic E-state index is 0.0489. The molecule has 0 atom stereocenters. The van der Waals surface area contributed by atoms with Crippen LogP contribution in [-0.2, 0) is 17.9 Å². The van der Waals surface area contributed by atoms with E-state index in [9.17, 15) is 4.79 Å². The molecule has 1 fully saturated rings. The molecule has 0 radical (unpaired) electrons. The average Bonchev–Trinajstić information content (AvgIpc) is 3.03. The Morgan fingerprint density at radius 1 is 1.19 bits per heavy atom. The number of aryl methyl sites for hydroxylation is 1. The Morgan fingerprint density at radius 3 is 2.56 bits per heavy atom. The van der Waals surface area contributed by atoms with Gasteiger partial charge in [0.1, 0.15) is 0 Å². The van der Waals surface area contributed by atoms with Crippen molar-refractivity contribution in [2.45, 2.75) is 26.9 Å². The van der Waals surface area contributed by atoms with E-state index in [0.29, 0.717) is 10.0 Å². The van der Waals surface area contributed by atoms with Crippen molar-refractivity contribution in [3.63, 3.8) is 0 Å². The molecule has 7 heteroatoms. The topological polar surface area (TPSA) is 41.4 Å². The minimum atomic E-state index is 0.0489. The van der Waals surface area contributed by atoms with E-state index in [-0.39, 0.29) is 5.91 Å². The third-order valence-electron chi connectivity index (χ3n) is 4.92. The summed E-state index contributed by atoms with van der Waals surface area (Å²) in [6.45, 7) is 8.83. The molecule has 0 N–H and O–H groups in total. The van der Waals surface area contributed by atoms with E-state index in [1.54, 1.807) is 12.3 Å². The Balaban J connectivity index is 1.52. The molecule has 2 aromatic rings. The van der Waals surface area contributed by atoms with Gasteiger partial charge in [0.15, 0.2) is 0 Å². The Kier molecular flexibility index (Phi) is 6.58. The summed E-state index contributed by atoms with van der Waals surface area (Å²) >= 11 is 12.1. The molecule has 0 bridgehead atoms. The van der Waals surface area contributed by atoms with Crippen molar-refractivity contribution in [1.82, 2.24) is 19.6 Å². The van der Waals surface area contributed by atoms with Crippen molar-refractivity contribution in [2.75, 3.05) is 26.2 Å². The van der Waals surface area contributed by atoms with E-state index in [1.165, 1.54) is 0 Å². The van der Waals surface area contributed by atoms with Gasteiger partial charge in [0.05, 0.1) is 16.2 Å². The van der Waals surface area contributed by atoms with Crippen molar-refractivity contribution in [3.05, 3.63) is 57.3 Å². The molecule has 1 aromatic carbocycles. The molecule has 0 aliphatic carbocycles. The van der Waals surface area contributed by atoms with E-state index < -0.39 is 0 Å². The van der Waals surface area contributed by atoms with Crippen LogP contribution in [0.2, 0.25) is 10.0 Å². The zero-order chi connectivity index (χ0) is 19.4. The van der Waals surface area contributed by atoms with Gasteiger partial charge in [-0.05, 0) is 37.6 Å². The largest absolute Gasteiger partial charge is 0.337 e. The highest BCUT2D eigenvalue weighted by atomic mass is 35.5. The summed E-state index contributed by atoms with van der Waals surface area (Å²) < 4.78 is 1.92. The number of halogens is 2. The molecule has 0 spiro atoms. The van der Waals surface area contributed by atoms with Crippen LogP contribution in [0.15, 0.2) is 30.5 Å². The fourth-order valence-corrected chi connectivity index (χ4v) is 3.55. The predicted octanol–water partition coefficient (Wildman–Crippen LogP) is 3.88. The number of nitrogens with zero attached hydrogens (tertiary/aromatic N) is 4. The SMILES string of the molecule is CCn1ncc(/C=C/C(=O)N2CCN(Cc3ccc(Cl)c(Cl)c3)CC2)c1C. The molecule has 5 nitrogen and oxygen atoms in total. The van der Waals surface area contributed by atoms with Crippen LogP contribution in [0.5, 0.6) is 0 Å². The molecule has 0 unspecified atom stereocenters. The van der Waals surface area contributed by atoms with Gasteiger partial charge in [0.25, 0.3) is 0 Å². The van der Waals surface area contributed by atoms with Gasteiger partial charge >= 0.3 is 0 Å². The van der Waals surface area contributed by atoms with Crippen LogP contribution < -0.4 is 0 Å². The van der Waals surface area contributed by atoms with Crippen LogP contribution in [0.1, 0.15) is 23.7 Å². The smallest absolute Gasteiger partial charge is 0.246 e. The standard InChI is InChI=1S/C20H24Cl2N4O/c1-3-26-15(2)17(13-23-26)5-7-20(27)25-10-8-24(9-11-25)14-16-4-6-18(21)19(22)12-16/h4-7,12-13H,3,8-11,14H2,1-2H3/b7-5+. The summed E-state index contributed by atoms with van der Waals surface area (Å²) in [5, 5.41) is 5.45. The van der Waals surface area contributed by atoms with Gasteiger partial charge in [-0.2, -0.15) is 5.10 Å². The van der Waals surface area contributed by atoms with Gasteiger partial charge in [-0.3, -0.25) is 14.4 Å². The van der Waals surface area contributed by atoms with Gasteiger partial charge in [-0.15, -0.1) is 0 Å². The van der Waals surface area contributed by atoms with Crippen LogP contribution in [0, 0.1) is 6.92 Å². The zero-order valence-electron chi connectivity index (χ0n) is 15.7. The lowest BCUT2D eigenvalue weighted by Gasteiger charge is -2.34. The van der Waals surface area contributed by atoms with Crippen molar-refractivity contribution in [3.8, 4) is 0 Å². The maximum absolute atomic E-state index is 12.5. The molecule has 2 heterocycles. The number of carbonyl (C=O) groups excluding carboxylic acids is 1. The molecular weight excluding hydrogens is 383 g/mol. The van der Waals surface area contributed by atoms with Crippen LogP contribution in [0.25, 0.3) is 6.08 Å². The molecule has 0 saturated carbocycles. The van der Waals surface area contributed by atoms with Crippen molar-refractivity contribution < 1.29 is 4.79 Å². The second-order valence-corrected chi connectivity index (χ2v) is 7.50. The molecule has 144 valence electrons. The molecule has 3 rings (SSSR count). The Hall–Kier alpha value is -1.82. The number of carbonyl (C=O) groups is 1. The maximum atomic E-state index is 12.5. The van der Waals surface area contributed by atoms with Gasteiger partial charge in [-0.25, -0.2) is 0 Å². The third kappa shape index (κ3) is 4.92. The zero-order valence-corrected chi connectivity index (χ0v) is 17.2. The van der Waals surface area contributed by atoms with Gasteiger partial charge in [-0.1, -0.05) is 29.3 Å². The first-order valence-corrected chi connectivity index (χ1v) is 9.89. The summed E-state index contributed by atoms with van der Waals surface area (Å²) in [6.07, 6.45) is 5.31. The normalized spacial score (nSPS) is 15.6. The van der Waals surface area contributed by atoms with Gasteiger partial charge in [0.2, 0.25) is 5.91 Å². The number of benzene rings is 1. The highest BCUT2D eigenvalue weighted by Crippen LogP contribution is 2.23. The number of hydrogen-bond acceptors (Lipinski definition) is 3. The molecule has 1 amide bonds. The van der Waals surface area contributed by atoms with Crippen LogP contribution >= 0.6 is 23.2 Å². The van der Waals surface area contributed by atoms with E-state index >= 15 is 0 Å². The third-order valence-corrected chi connectivity index (χ3v) is 5.66. The van der Waals surface area contributed by atoms with E-state index in [4.69, 9.17) is 23.2 Å². The number of piperazine rings is 1. The maximum Gasteiger partial charge on any atom is 0.246 e. The summed E-state index contributed by atoms with van der Waals surface area (Å²) in [7, 11) is 0. The average molecular weight is 407 g/mol. The lowest BCUT2D eigenvalue weighted by atomic mass is 10.2. The van der Waals surface area contributed by atoms with Crippen molar-refractivity contribution in [1.29, 1.82) is 0 Å². The van der Waals surface area contributed by atoms with Crippen molar-refractivity contribution in [2.24, 2.45) is 0 Å². The molecule has 1 aliphatic heterocycles. The van der Waals surface area contributed by atoms with E-state index in [0.717, 1.165) is 56.1 Å². The summed E-state index contributed by atoms with van der Waals surface area (Å²) in [5.41, 5.74) is 3.20. The van der Waals surface area contributed by atoms with Gasteiger partial charge < -0.3 is 4.90 Å². The van der Waals surface area contributed by atoms with Crippen LogP contribution in [-0.4, -0.2) is 51.7 Å². The predicted molar refractivity (Wildman–Crippen MR) is 110 cm³/mol. The van der Waals surface area contributed by atoms with Crippen molar-refractivity contribution >= 4 is 35.2 Å². The van der Waals surface area contributed by atoms with E-state index in [1.807, 2.05) is 40.8 Å². The second-order valence-electron chi connectivity index (χ2n) is 6.68. The molecule has 27 heavy (non-hydrogen) atoms. The monoisotopic (exact) mass is 406 g/mol. The number of hydrogen-bond donors (Lipinski definition) is 0. The fraction of sp³-hybridized carbons (Fsp3) is 0.400. The molecule has 1 saturated heterocycles. The van der Waals surface area contributed by atoms with Gasteiger partial charge in [0, 0.05) is 56.6 Å². The first-order valence-electron chi connectivity index (χ1n) is 9.13.